The SMILES string of the molecule is COC(=O)[C@@H]1[C@H]2CC[C@@H](C2)[C@@H]1NC(=O)c1cccn1C. The first-order chi connectivity index (χ1) is 9.61. The fourth-order valence-electron chi connectivity index (χ4n) is 3.90. The van der Waals surface area contributed by atoms with Gasteiger partial charge in [0.1, 0.15) is 5.69 Å². The monoisotopic (exact) mass is 276 g/mol. The molecule has 5 nitrogen and oxygen atoms in total. The third-order valence-electron chi connectivity index (χ3n) is 4.86. The summed E-state index contributed by atoms with van der Waals surface area (Å²) in [6, 6.07) is 3.55. The van der Waals surface area contributed by atoms with Crippen LogP contribution in [0.4, 0.5) is 0 Å². The molecule has 1 aromatic rings. The second-order valence-electron chi connectivity index (χ2n) is 5.89. The maximum absolute atomic E-state index is 12.3. The summed E-state index contributed by atoms with van der Waals surface area (Å²) < 4.78 is 6.70. The maximum atomic E-state index is 12.3. The van der Waals surface area contributed by atoms with E-state index in [-0.39, 0.29) is 23.8 Å². The zero-order chi connectivity index (χ0) is 14.3. The smallest absolute Gasteiger partial charge is 0.311 e. The van der Waals surface area contributed by atoms with E-state index >= 15 is 0 Å². The highest BCUT2D eigenvalue weighted by Crippen LogP contribution is 2.48. The van der Waals surface area contributed by atoms with Crippen molar-refractivity contribution in [2.24, 2.45) is 24.8 Å². The fraction of sp³-hybridized carbons (Fsp3) is 0.600. The number of carbonyl (C=O) groups excluding carboxylic acids is 2. The van der Waals surface area contributed by atoms with Gasteiger partial charge in [0.25, 0.3) is 5.91 Å². The van der Waals surface area contributed by atoms with Gasteiger partial charge in [-0.15, -0.1) is 0 Å². The van der Waals surface area contributed by atoms with Gasteiger partial charge in [-0.1, -0.05) is 0 Å². The molecular formula is C15H20N2O3. The Morgan fingerprint density at radius 1 is 1.35 bits per heavy atom. The van der Waals surface area contributed by atoms with Gasteiger partial charge < -0.3 is 14.6 Å². The number of hydrogen-bond donors (Lipinski definition) is 1. The molecule has 0 aliphatic heterocycles. The molecule has 0 radical (unpaired) electrons. The molecule has 0 saturated heterocycles. The van der Waals surface area contributed by atoms with Crippen LogP contribution in [0.5, 0.6) is 0 Å². The van der Waals surface area contributed by atoms with E-state index < -0.39 is 0 Å². The fourth-order valence-corrected chi connectivity index (χ4v) is 3.90. The number of carbonyl (C=O) groups is 2. The Kier molecular flexibility index (Phi) is 3.28. The van der Waals surface area contributed by atoms with Crippen molar-refractivity contribution in [2.75, 3.05) is 7.11 Å². The van der Waals surface area contributed by atoms with E-state index in [4.69, 9.17) is 4.74 Å². The molecule has 2 aliphatic carbocycles. The van der Waals surface area contributed by atoms with E-state index in [1.807, 2.05) is 19.3 Å². The molecule has 1 heterocycles. The predicted octanol–water partition coefficient (Wildman–Crippen LogP) is 1.34. The van der Waals surface area contributed by atoms with Gasteiger partial charge in [-0.25, -0.2) is 0 Å². The van der Waals surface area contributed by atoms with Crippen LogP contribution in [0.3, 0.4) is 0 Å². The Morgan fingerprint density at radius 3 is 2.75 bits per heavy atom. The van der Waals surface area contributed by atoms with Gasteiger partial charge in [-0.3, -0.25) is 9.59 Å². The van der Waals surface area contributed by atoms with Crippen molar-refractivity contribution in [3.8, 4) is 0 Å². The summed E-state index contributed by atoms with van der Waals surface area (Å²) >= 11 is 0. The van der Waals surface area contributed by atoms with Gasteiger partial charge >= 0.3 is 5.97 Å². The highest BCUT2D eigenvalue weighted by Gasteiger charge is 2.52. The van der Waals surface area contributed by atoms with Crippen LogP contribution in [0.2, 0.25) is 0 Å². The Bertz CT molecular complexity index is 537. The number of fused-ring (bicyclic) bond motifs is 2. The van der Waals surface area contributed by atoms with Crippen molar-refractivity contribution in [3.05, 3.63) is 24.0 Å². The second-order valence-corrected chi connectivity index (χ2v) is 5.89. The van der Waals surface area contributed by atoms with Crippen LogP contribution in [0.25, 0.3) is 0 Å². The van der Waals surface area contributed by atoms with Crippen LogP contribution >= 0.6 is 0 Å². The number of ether oxygens (including phenoxy) is 1. The minimum atomic E-state index is -0.186. The highest BCUT2D eigenvalue weighted by molar-refractivity contribution is 5.93. The minimum Gasteiger partial charge on any atom is -0.469 e. The number of esters is 1. The van der Waals surface area contributed by atoms with Crippen LogP contribution in [-0.2, 0) is 16.6 Å². The van der Waals surface area contributed by atoms with Crippen LogP contribution in [0, 0.1) is 17.8 Å². The van der Waals surface area contributed by atoms with Gasteiger partial charge in [-0.2, -0.15) is 0 Å². The number of nitrogens with zero attached hydrogens (tertiary/aromatic N) is 1. The van der Waals surface area contributed by atoms with E-state index in [1.54, 1.807) is 10.6 Å². The lowest BCUT2D eigenvalue weighted by Gasteiger charge is -2.29. The minimum absolute atomic E-state index is 0.0800. The topological polar surface area (TPSA) is 60.3 Å². The van der Waals surface area contributed by atoms with Crippen LogP contribution < -0.4 is 5.32 Å². The third-order valence-corrected chi connectivity index (χ3v) is 4.86. The van der Waals surface area contributed by atoms with Crippen molar-refractivity contribution in [3.63, 3.8) is 0 Å². The Hall–Kier alpha value is -1.78. The van der Waals surface area contributed by atoms with Gasteiger partial charge in [0, 0.05) is 19.3 Å². The van der Waals surface area contributed by atoms with E-state index in [0.717, 1.165) is 19.3 Å². The first kappa shape index (κ1) is 13.2. The van der Waals surface area contributed by atoms with Gasteiger partial charge in [-0.05, 0) is 43.2 Å². The molecular weight excluding hydrogens is 256 g/mol. The molecule has 1 aromatic heterocycles. The highest BCUT2D eigenvalue weighted by atomic mass is 16.5. The zero-order valence-corrected chi connectivity index (χ0v) is 11.8. The molecule has 20 heavy (non-hydrogen) atoms. The van der Waals surface area contributed by atoms with E-state index in [1.165, 1.54) is 7.11 Å². The summed E-state index contributed by atoms with van der Waals surface area (Å²) in [5, 5.41) is 3.06. The average molecular weight is 276 g/mol. The second kappa shape index (κ2) is 4.96. The van der Waals surface area contributed by atoms with E-state index in [0.29, 0.717) is 17.5 Å². The van der Waals surface area contributed by atoms with Gasteiger partial charge in [0.05, 0.1) is 13.0 Å². The molecule has 108 valence electrons. The lowest BCUT2D eigenvalue weighted by Crippen LogP contribution is -2.47. The van der Waals surface area contributed by atoms with Crippen LogP contribution in [0.1, 0.15) is 29.8 Å². The van der Waals surface area contributed by atoms with Crippen molar-refractivity contribution >= 4 is 11.9 Å². The number of methoxy groups -OCH3 is 1. The molecule has 0 spiro atoms. The lowest BCUT2D eigenvalue weighted by atomic mass is 9.84. The molecule has 2 fully saturated rings. The number of rotatable bonds is 3. The molecule has 5 heteroatoms. The summed E-state index contributed by atoms with van der Waals surface area (Å²) in [5.41, 5.74) is 0.622. The Balaban J connectivity index is 1.77. The molecule has 2 bridgehead atoms. The first-order valence-electron chi connectivity index (χ1n) is 7.12. The summed E-state index contributed by atoms with van der Waals surface area (Å²) in [4.78, 5) is 24.3. The molecule has 3 rings (SSSR count). The quantitative estimate of drug-likeness (QED) is 0.848. The zero-order valence-electron chi connectivity index (χ0n) is 11.8. The Morgan fingerprint density at radius 2 is 2.10 bits per heavy atom. The molecule has 2 saturated carbocycles. The standard InChI is InChI=1S/C15H20N2O3/c1-17-7-3-4-11(17)14(18)16-13-10-6-5-9(8-10)12(13)15(19)20-2/h3-4,7,9-10,12-13H,5-6,8H2,1-2H3,(H,16,18)/t9-,10-,12+,13-/m0/s1. The lowest BCUT2D eigenvalue weighted by molar-refractivity contribution is -0.148. The van der Waals surface area contributed by atoms with Crippen LogP contribution in [-0.4, -0.2) is 29.6 Å². The number of hydrogen-bond acceptors (Lipinski definition) is 3. The van der Waals surface area contributed by atoms with Crippen molar-refractivity contribution in [1.29, 1.82) is 0 Å². The first-order valence-corrected chi connectivity index (χ1v) is 7.12. The summed E-state index contributed by atoms with van der Waals surface area (Å²) in [6.07, 6.45) is 5.03. The largest absolute Gasteiger partial charge is 0.469 e. The van der Waals surface area contributed by atoms with Crippen molar-refractivity contribution in [2.45, 2.75) is 25.3 Å². The maximum Gasteiger partial charge on any atom is 0.311 e. The molecule has 1 N–H and O–H groups in total. The predicted molar refractivity (Wildman–Crippen MR) is 73.0 cm³/mol. The van der Waals surface area contributed by atoms with Crippen molar-refractivity contribution < 1.29 is 14.3 Å². The normalized spacial score (nSPS) is 31.3. The summed E-state index contributed by atoms with van der Waals surface area (Å²) in [7, 11) is 3.26. The summed E-state index contributed by atoms with van der Waals surface area (Å²) in [5.74, 6) is 0.306. The Labute approximate surface area is 118 Å². The number of aromatic nitrogens is 1. The third kappa shape index (κ3) is 2.01. The van der Waals surface area contributed by atoms with Crippen molar-refractivity contribution in [1.82, 2.24) is 9.88 Å². The average Bonchev–Trinajstić information content (AvgIpc) is 3.13. The van der Waals surface area contributed by atoms with Crippen LogP contribution in [0.15, 0.2) is 18.3 Å². The molecule has 0 unspecified atom stereocenters. The number of aryl methyl sites for hydroxylation is 1. The van der Waals surface area contributed by atoms with E-state index in [2.05, 4.69) is 5.32 Å². The number of amides is 1. The molecule has 2 aliphatic rings. The molecule has 0 aromatic carbocycles. The van der Waals surface area contributed by atoms with E-state index in [9.17, 15) is 9.59 Å². The summed E-state index contributed by atoms with van der Waals surface area (Å²) in [6.45, 7) is 0. The van der Waals surface area contributed by atoms with Gasteiger partial charge in [0.15, 0.2) is 0 Å². The molecule has 4 atom stereocenters. The van der Waals surface area contributed by atoms with Gasteiger partial charge in [0.2, 0.25) is 0 Å². The molecule has 1 amide bonds. The number of nitrogens with one attached hydrogen (secondary N) is 1.